The van der Waals surface area contributed by atoms with E-state index in [0.29, 0.717) is 0 Å². The van der Waals surface area contributed by atoms with Gasteiger partial charge in [0.15, 0.2) is 0 Å². The van der Waals surface area contributed by atoms with Gasteiger partial charge < -0.3 is 10.2 Å². The van der Waals surface area contributed by atoms with Crippen LogP contribution in [0.15, 0.2) is 27.1 Å². The van der Waals surface area contributed by atoms with Crippen LogP contribution in [0.2, 0.25) is 0 Å². The molecule has 1 aliphatic heterocycles. The molecule has 1 saturated heterocycles. The van der Waals surface area contributed by atoms with Crippen molar-refractivity contribution in [3.8, 4) is 0 Å². The van der Waals surface area contributed by atoms with Gasteiger partial charge in [-0.05, 0) is 69.4 Å². The highest BCUT2D eigenvalue weighted by Crippen LogP contribution is 2.36. The van der Waals surface area contributed by atoms with Crippen molar-refractivity contribution < 1.29 is 0 Å². The van der Waals surface area contributed by atoms with Crippen molar-refractivity contribution in [2.75, 3.05) is 31.1 Å². The smallest absolute Gasteiger partial charge is 0.0655 e. The monoisotopic (exact) mass is 360 g/mol. The van der Waals surface area contributed by atoms with Crippen LogP contribution in [0.25, 0.3) is 0 Å². The zero-order valence-electron chi connectivity index (χ0n) is 10.0. The number of nitrogens with zero attached hydrogens (tertiary/aromatic N) is 1. The van der Waals surface area contributed by atoms with Crippen molar-refractivity contribution in [2.24, 2.45) is 5.92 Å². The summed E-state index contributed by atoms with van der Waals surface area (Å²) in [6.07, 6.45) is 1.28. The normalized spacial score (nSPS) is 19.9. The van der Waals surface area contributed by atoms with E-state index in [1.54, 1.807) is 0 Å². The molecule has 1 aliphatic rings. The highest BCUT2D eigenvalue weighted by Gasteiger charge is 2.24. The van der Waals surface area contributed by atoms with Crippen LogP contribution in [-0.4, -0.2) is 26.2 Å². The lowest BCUT2D eigenvalue weighted by atomic mass is 10.1. The van der Waals surface area contributed by atoms with Crippen LogP contribution < -0.4 is 10.2 Å². The number of halogens is 2. The number of benzene rings is 1. The van der Waals surface area contributed by atoms with Gasteiger partial charge in [-0.1, -0.05) is 13.0 Å². The Balaban J connectivity index is 2.05. The highest BCUT2D eigenvalue weighted by atomic mass is 79.9. The van der Waals surface area contributed by atoms with Gasteiger partial charge in [-0.25, -0.2) is 0 Å². The predicted molar refractivity (Wildman–Crippen MR) is 80.7 cm³/mol. The Labute approximate surface area is 120 Å². The SMILES string of the molecule is CCNCC1CCN(c2c(Br)cccc2Br)C1. The molecular formula is C13H18Br2N2. The first-order valence-corrected chi connectivity index (χ1v) is 7.70. The van der Waals surface area contributed by atoms with Gasteiger partial charge in [-0.15, -0.1) is 0 Å². The second-order valence-corrected chi connectivity index (χ2v) is 6.19. The van der Waals surface area contributed by atoms with Crippen LogP contribution in [-0.2, 0) is 0 Å². The maximum absolute atomic E-state index is 3.64. The van der Waals surface area contributed by atoms with E-state index in [-0.39, 0.29) is 0 Å². The molecule has 4 heteroatoms. The van der Waals surface area contributed by atoms with Crippen LogP contribution >= 0.6 is 31.9 Å². The predicted octanol–water partition coefficient (Wildman–Crippen LogP) is 3.65. The molecule has 1 aromatic carbocycles. The first-order chi connectivity index (χ1) is 8.22. The maximum atomic E-state index is 3.64. The molecule has 0 aromatic heterocycles. The Bertz CT molecular complexity index is 361. The van der Waals surface area contributed by atoms with E-state index in [9.17, 15) is 0 Å². The molecule has 1 atom stereocenters. The minimum absolute atomic E-state index is 0.772. The second kappa shape index (κ2) is 6.21. The van der Waals surface area contributed by atoms with Crippen molar-refractivity contribution in [1.82, 2.24) is 5.32 Å². The van der Waals surface area contributed by atoms with E-state index >= 15 is 0 Å². The summed E-state index contributed by atoms with van der Waals surface area (Å²) >= 11 is 7.28. The van der Waals surface area contributed by atoms with Crippen LogP contribution in [0.3, 0.4) is 0 Å². The molecular weight excluding hydrogens is 344 g/mol. The standard InChI is InChI=1S/C13H18Br2N2/c1-2-16-8-10-6-7-17(9-10)13-11(14)4-3-5-12(13)15/h3-5,10,16H,2,6-9H2,1H3. The molecule has 2 nitrogen and oxygen atoms in total. The summed E-state index contributed by atoms with van der Waals surface area (Å²) in [6.45, 7) is 6.66. The summed E-state index contributed by atoms with van der Waals surface area (Å²) in [7, 11) is 0. The van der Waals surface area contributed by atoms with Gasteiger partial charge in [0, 0.05) is 22.0 Å². The van der Waals surface area contributed by atoms with Gasteiger partial charge in [0.2, 0.25) is 0 Å². The molecule has 94 valence electrons. The van der Waals surface area contributed by atoms with E-state index < -0.39 is 0 Å². The minimum atomic E-state index is 0.772. The molecule has 0 radical (unpaired) electrons. The van der Waals surface area contributed by atoms with E-state index in [4.69, 9.17) is 0 Å². The summed E-state index contributed by atoms with van der Waals surface area (Å²) in [4.78, 5) is 2.47. The van der Waals surface area contributed by atoms with Gasteiger partial charge in [0.1, 0.15) is 0 Å². The quantitative estimate of drug-likeness (QED) is 0.880. The third kappa shape index (κ3) is 3.24. The van der Waals surface area contributed by atoms with E-state index in [1.807, 2.05) is 0 Å². The molecule has 0 bridgehead atoms. The topological polar surface area (TPSA) is 15.3 Å². The molecule has 0 amide bonds. The Kier molecular flexibility index (Phi) is 4.88. The average molecular weight is 362 g/mol. The first kappa shape index (κ1) is 13.4. The average Bonchev–Trinajstić information content (AvgIpc) is 2.75. The summed E-state index contributed by atoms with van der Waals surface area (Å²) in [5, 5.41) is 3.44. The largest absolute Gasteiger partial charge is 0.369 e. The van der Waals surface area contributed by atoms with Gasteiger partial charge >= 0.3 is 0 Å². The van der Waals surface area contributed by atoms with Gasteiger partial charge in [-0.2, -0.15) is 0 Å². The Hall–Kier alpha value is -0.0600. The molecule has 1 heterocycles. The fraction of sp³-hybridized carbons (Fsp3) is 0.538. The number of hydrogen-bond acceptors (Lipinski definition) is 2. The van der Waals surface area contributed by atoms with Crippen LogP contribution in [0.1, 0.15) is 13.3 Å². The molecule has 0 saturated carbocycles. The zero-order valence-corrected chi connectivity index (χ0v) is 13.2. The fourth-order valence-corrected chi connectivity index (χ4v) is 3.84. The van der Waals surface area contributed by atoms with Gasteiger partial charge in [0.05, 0.1) is 5.69 Å². The molecule has 1 aromatic rings. The summed E-state index contributed by atoms with van der Waals surface area (Å²) in [5.41, 5.74) is 1.30. The van der Waals surface area contributed by atoms with E-state index in [2.05, 4.69) is 67.2 Å². The summed E-state index contributed by atoms with van der Waals surface area (Å²) in [6, 6.07) is 6.28. The Morgan fingerprint density at radius 3 is 2.71 bits per heavy atom. The number of rotatable bonds is 4. The van der Waals surface area contributed by atoms with Crippen LogP contribution in [0.5, 0.6) is 0 Å². The van der Waals surface area contributed by atoms with E-state index in [1.165, 1.54) is 21.1 Å². The first-order valence-electron chi connectivity index (χ1n) is 6.12. The number of hydrogen-bond donors (Lipinski definition) is 1. The third-order valence-corrected chi connectivity index (χ3v) is 4.50. The van der Waals surface area contributed by atoms with Crippen LogP contribution in [0.4, 0.5) is 5.69 Å². The zero-order chi connectivity index (χ0) is 12.3. The highest BCUT2D eigenvalue weighted by molar-refractivity contribution is 9.11. The van der Waals surface area contributed by atoms with Gasteiger partial charge in [0.25, 0.3) is 0 Å². The lowest BCUT2D eigenvalue weighted by molar-refractivity contribution is 0.528. The molecule has 17 heavy (non-hydrogen) atoms. The summed E-state index contributed by atoms with van der Waals surface area (Å²) in [5.74, 6) is 0.772. The lowest BCUT2D eigenvalue weighted by Gasteiger charge is -2.21. The maximum Gasteiger partial charge on any atom is 0.0655 e. The third-order valence-electron chi connectivity index (χ3n) is 3.22. The number of para-hydroxylation sites is 1. The fourth-order valence-electron chi connectivity index (χ4n) is 2.34. The number of anilines is 1. The molecule has 1 N–H and O–H groups in total. The molecule has 2 rings (SSSR count). The Morgan fingerprint density at radius 1 is 1.35 bits per heavy atom. The number of nitrogens with one attached hydrogen (secondary N) is 1. The molecule has 0 spiro atoms. The van der Waals surface area contributed by atoms with Crippen molar-refractivity contribution in [2.45, 2.75) is 13.3 Å². The van der Waals surface area contributed by atoms with Crippen molar-refractivity contribution in [3.05, 3.63) is 27.1 Å². The van der Waals surface area contributed by atoms with Crippen molar-refractivity contribution >= 4 is 37.5 Å². The van der Waals surface area contributed by atoms with E-state index in [0.717, 1.165) is 32.1 Å². The van der Waals surface area contributed by atoms with Gasteiger partial charge in [-0.3, -0.25) is 0 Å². The van der Waals surface area contributed by atoms with Crippen molar-refractivity contribution in [1.29, 1.82) is 0 Å². The second-order valence-electron chi connectivity index (χ2n) is 4.48. The Morgan fingerprint density at radius 2 is 2.06 bits per heavy atom. The van der Waals surface area contributed by atoms with Crippen LogP contribution in [0, 0.1) is 5.92 Å². The molecule has 1 unspecified atom stereocenters. The van der Waals surface area contributed by atoms with Crippen molar-refractivity contribution in [3.63, 3.8) is 0 Å². The molecule has 0 aliphatic carbocycles. The lowest BCUT2D eigenvalue weighted by Crippen LogP contribution is -2.26. The minimum Gasteiger partial charge on any atom is -0.369 e. The summed E-state index contributed by atoms with van der Waals surface area (Å²) < 4.78 is 2.35. The molecule has 1 fully saturated rings.